The molecule has 2 rings (SSSR count). The summed E-state index contributed by atoms with van der Waals surface area (Å²) < 4.78 is 40.3. The van der Waals surface area contributed by atoms with Gasteiger partial charge in [0.2, 0.25) is 10.0 Å². The molecule has 1 heterocycles. The van der Waals surface area contributed by atoms with Crippen molar-refractivity contribution in [2.24, 2.45) is 11.7 Å². The summed E-state index contributed by atoms with van der Waals surface area (Å²) in [4.78, 5) is -0.277. The maximum absolute atomic E-state index is 13.8. The summed E-state index contributed by atoms with van der Waals surface area (Å²) in [5.41, 5.74) is 5.58. The van der Waals surface area contributed by atoms with Gasteiger partial charge in [-0.2, -0.15) is 4.31 Å². The van der Waals surface area contributed by atoms with Crippen LogP contribution in [0, 0.1) is 11.7 Å². The third-order valence-electron chi connectivity index (χ3n) is 3.42. The molecule has 2 N–H and O–H groups in total. The summed E-state index contributed by atoms with van der Waals surface area (Å²) in [6.45, 7) is 1.35. The van der Waals surface area contributed by atoms with Crippen LogP contribution in [0.3, 0.4) is 0 Å². The molecule has 1 fully saturated rings. The smallest absolute Gasteiger partial charge is 0.247 e. The van der Waals surface area contributed by atoms with Crippen molar-refractivity contribution in [1.82, 2.24) is 4.31 Å². The Kier molecular flexibility index (Phi) is 4.60. The number of hydrogen-bond donors (Lipinski definition) is 1. The van der Waals surface area contributed by atoms with Crippen LogP contribution in [0.2, 0.25) is 0 Å². The van der Waals surface area contributed by atoms with Crippen molar-refractivity contribution in [3.8, 4) is 0 Å². The van der Waals surface area contributed by atoms with Gasteiger partial charge in [0, 0.05) is 17.6 Å². The quantitative estimate of drug-likeness (QED) is 0.905. The van der Waals surface area contributed by atoms with E-state index < -0.39 is 15.8 Å². The number of piperidine rings is 1. The first-order valence-corrected chi connectivity index (χ1v) is 8.34. The molecular formula is C12H16BrFN2O2S. The summed E-state index contributed by atoms with van der Waals surface area (Å²) >= 11 is 3.11. The Morgan fingerprint density at radius 3 is 2.53 bits per heavy atom. The molecule has 19 heavy (non-hydrogen) atoms. The highest BCUT2D eigenvalue weighted by Crippen LogP contribution is 2.30. The largest absolute Gasteiger partial charge is 0.330 e. The highest BCUT2D eigenvalue weighted by Gasteiger charge is 2.32. The first-order chi connectivity index (χ1) is 8.96. The van der Waals surface area contributed by atoms with Gasteiger partial charge in [0.05, 0.1) is 0 Å². The number of nitrogens with two attached hydrogens (primary N) is 1. The lowest BCUT2D eigenvalue weighted by molar-refractivity contribution is 0.277. The molecule has 1 aromatic carbocycles. The second-order valence-electron chi connectivity index (χ2n) is 4.63. The molecule has 0 spiro atoms. The zero-order chi connectivity index (χ0) is 14.0. The minimum absolute atomic E-state index is 0.258. The molecule has 1 aliphatic rings. The maximum atomic E-state index is 13.8. The Bertz CT molecular complexity index is 537. The summed E-state index contributed by atoms with van der Waals surface area (Å²) in [7, 11) is -3.78. The first-order valence-electron chi connectivity index (χ1n) is 6.11. The lowest BCUT2D eigenvalue weighted by Gasteiger charge is -2.30. The highest BCUT2D eigenvalue weighted by atomic mass is 79.9. The van der Waals surface area contributed by atoms with Crippen molar-refractivity contribution in [2.45, 2.75) is 17.7 Å². The average molecular weight is 351 g/mol. The van der Waals surface area contributed by atoms with Crippen LogP contribution in [0.4, 0.5) is 4.39 Å². The minimum Gasteiger partial charge on any atom is -0.330 e. The Balaban J connectivity index is 2.29. The van der Waals surface area contributed by atoms with Crippen LogP contribution in [0.1, 0.15) is 12.8 Å². The molecule has 0 aliphatic carbocycles. The zero-order valence-electron chi connectivity index (χ0n) is 10.4. The van der Waals surface area contributed by atoms with E-state index in [-0.39, 0.29) is 9.37 Å². The molecule has 1 aliphatic heterocycles. The molecule has 0 aromatic heterocycles. The topological polar surface area (TPSA) is 63.4 Å². The summed E-state index contributed by atoms with van der Waals surface area (Å²) in [6, 6.07) is 4.16. The Morgan fingerprint density at radius 1 is 1.37 bits per heavy atom. The highest BCUT2D eigenvalue weighted by molar-refractivity contribution is 9.10. The van der Waals surface area contributed by atoms with E-state index in [1.165, 1.54) is 16.4 Å². The predicted molar refractivity (Wildman–Crippen MR) is 74.6 cm³/mol. The molecular weight excluding hydrogens is 335 g/mol. The SMILES string of the molecule is NCC1CCN(S(=O)(=O)c2c(F)cccc2Br)CC1. The fourth-order valence-electron chi connectivity index (χ4n) is 2.24. The molecule has 0 unspecified atom stereocenters. The fourth-order valence-corrected chi connectivity index (χ4v) is 4.78. The van der Waals surface area contributed by atoms with Gasteiger partial charge in [-0.05, 0) is 53.4 Å². The monoisotopic (exact) mass is 350 g/mol. The zero-order valence-corrected chi connectivity index (χ0v) is 12.8. The average Bonchev–Trinajstić information content (AvgIpc) is 2.38. The molecule has 106 valence electrons. The molecule has 0 atom stereocenters. The van der Waals surface area contributed by atoms with Crippen molar-refractivity contribution in [1.29, 1.82) is 0 Å². The van der Waals surface area contributed by atoms with Crippen LogP contribution >= 0.6 is 15.9 Å². The van der Waals surface area contributed by atoms with Crippen molar-refractivity contribution in [3.05, 3.63) is 28.5 Å². The molecule has 4 nitrogen and oxygen atoms in total. The van der Waals surface area contributed by atoms with Crippen molar-refractivity contribution < 1.29 is 12.8 Å². The first kappa shape index (κ1) is 14.9. The van der Waals surface area contributed by atoms with E-state index in [1.807, 2.05) is 0 Å². The van der Waals surface area contributed by atoms with Gasteiger partial charge in [0.1, 0.15) is 10.7 Å². The van der Waals surface area contributed by atoms with E-state index in [1.54, 1.807) is 0 Å². The summed E-state index contributed by atoms with van der Waals surface area (Å²) in [6.07, 6.45) is 1.45. The number of rotatable bonds is 3. The minimum atomic E-state index is -3.78. The van der Waals surface area contributed by atoms with E-state index in [9.17, 15) is 12.8 Å². The lowest BCUT2D eigenvalue weighted by Crippen LogP contribution is -2.40. The molecule has 0 bridgehead atoms. The number of sulfonamides is 1. The van der Waals surface area contributed by atoms with Crippen LogP contribution in [0.25, 0.3) is 0 Å². The fraction of sp³-hybridized carbons (Fsp3) is 0.500. The van der Waals surface area contributed by atoms with Gasteiger partial charge in [0.15, 0.2) is 0 Å². The maximum Gasteiger partial charge on any atom is 0.247 e. The molecule has 0 radical (unpaired) electrons. The van der Waals surface area contributed by atoms with Crippen LogP contribution in [-0.2, 0) is 10.0 Å². The second kappa shape index (κ2) is 5.87. The van der Waals surface area contributed by atoms with E-state index in [0.29, 0.717) is 25.6 Å². The van der Waals surface area contributed by atoms with Crippen LogP contribution < -0.4 is 5.73 Å². The Labute approximate surface area is 121 Å². The van der Waals surface area contributed by atoms with Crippen LogP contribution in [0.5, 0.6) is 0 Å². The van der Waals surface area contributed by atoms with Crippen molar-refractivity contribution >= 4 is 26.0 Å². The number of hydrogen-bond acceptors (Lipinski definition) is 3. The van der Waals surface area contributed by atoms with Crippen molar-refractivity contribution in [3.63, 3.8) is 0 Å². The van der Waals surface area contributed by atoms with Gasteiger partial charge in [-0.25, -0.2) is 12.8 Å². The van der Waals surface area contributed by atoms with Gasteiger partial charge in [-0.3, -0.25) is 0 Å². The lowest BCUT2D eigenvalue weighted by atomic mass is 9.99. The molecule has 1 saturated heterocycles. The Morgan fingerprint density at radius 2 is 2.00 bits per heavy atom. The van der Waals surface area contributed by atoms with Crippen LogP contribution in [-0.4, -0.2) is 32.4 Å². The standard InChI is InChI=1S/C12H16BrFN2O2S/c13-10-2-1-3-11(14)12(10)19(17,18)16-6-4-9(8-15)5-7-16/h1-3,9H,4-8,15H2. The van der Waals surface area contributed by atoms with Gasteiger partial charge in [-0.15, -0.1) is 0 Å². The predicted octanol–water partition coefficient (Wildman–Crippen LogP) is 1.95. The third kappa shape index (κ3) is 2.99. The van der Waals surface area contributed by atoms with Gasteiger partial charge in [0.25, 0.3) is 0 Å². The second-order valence-corrected chi connectivity index (χ2v) is 7.36. The van der Waals surface area contributed by atoms with Crippen LogP contribution in [0.15, 0.2) is 27.6 Å². The third-order valence-corrected chi connectivity index (χ3v) is 6.32. The van der Waals surface area contributed by atoms with E-state index in [2.05, 4.69) is 15.9 Å². The molecule has 7 heteroatoms. The summed E-state index contributed by atoms with van der Waals surface area (Å²) in [5, 5.41) is 0. The summed E-state index contributed by atoms with van der Waals surface area (Å²) in [5.74, 6) is -0.370. The number of halogens is 2. The molecule has 0 amide bonds. The van der Waals surface area contributed by atoms with E-state index >= 15 is 0 Å². The van der Waals surface area contributed by atoms with E-state index in [4.69, 9.17) is 5.73 Å². The molecule has 1 aromatic rings. The normalized spacial score (nSPS) is 18.7. The number of nitrogens with zero attached hydrogens (tertiary/aromatic N) is 1. The van der Waals surface area contributed by atoms with Gasteiger partial charge in [-0.1, -0.05) is 6.07 Å². The van der Waals surface area contributed by atoms with Crippen molar-refractivity contribution in [2.75, 3.05) is 19.6 Å². The molecule has 0 saturated carbocycles. The number of benzene rings is 1. The van der Waals surface area contributed by atoms with E-state index in [0.717, 1.165) is 18.9 Å². The van der Waals surface area contributed by atoms with Gasteiger partial charge >= 0.3 is 0 Å². The van der Waals surface area contributed by atoms with Gasteiger partial charge < -0.3 is 5.73 Å². The Hall–Kier alpha value is -0.500.